The lowest BCUT2D eigenvalue weighted by Crippen LogP contribution is -2.27. The third-order valence-electron chi connectivity index (χ3n) is 2.76. The van der Waals surface area contributed by atoms with Gasteiger partial charge in [-0.3, -0.25) is 0 Å². The van der Waals surface area contributed by atoms with Crippen molar-refractivity contribution < 1.29 is 12.8 Å². The van der Waals surface area contributed by atoms with Crippen LogP contribution in [0.2, 0.25) is 0 Å². The summed E-state index contributed by atoms with van der Waals surface area (Å²) in [6, 6.07) is 5.03. The Morgan fingerprint density at radius 2 is 1.94 bits per heavy atom. The van der Waals surface area contributed by atoms with Crippen LogP contribution in [-0.4, -0.2) is 25.8 Å². The van der Waals surface area contributed by atoms with Gasteiger partial charge in [-0.05, 0) is 31.0 Å². The molecule has 1 aliphatic rings. The zero-order chi connectivity index (χ0) is 12.5. The molecular formula is C11H11FN2O2S. The summed E-state index contributed by atoms with van der Waals surface area (Å²) in [4.78, 5) is -0.0871. The number of benzene rings is 1. The summed E-state index contributed by atoms with van der Waals surface area (Å²) >= 11 is 0. The van der Waals surface area contributed by atoms with Gasteiger partial charge in [0, 0.05) is 13.1 Å². The fourth-order valence-corrected chi connectivity index (χ4v) is 3.35. The summed E-state index contributed by atoms with van der Waals surface area (Å²) in [5, 5.41) is 8.57. The van der Waals surface area contributed by atoms with Crippen molar-refractivity contribution in [2.45, 2.75) is 17.7 Å². The molecule has 0 atom stereocenters. The van der Waals surface area contributed by atoms with Crippen LogP contribution in [0.3, 0.4) is 0 Å². The summed E-state index contributed by atoms with van der Waals surface area (Å²) < 4.78 is 38.8. The number of nitriles is 1. The number of hydrogen-bond acceptors (Lipinski definition) is 3. The second kappa shape index (κ2) is 4.43. The van der Waals surface area contributed by atoms with Crippen LogP contribution < -0.4 is 0 Å². The lowest BCUT2D eigenvalue weighted by Gasteiger charge is -2.15. The third kappa shape index (κ3) is 2.16. The minimum atomic E-state index is -3.60. The van der Waals surface area contributed by atoms with Gasteiger partial charge in [0.25, 0.3) is 0 Å². The Kier molecular flexibility index (Phi) is 3.13. The second-order valence-electron chi connectivity index (χ2n) is 3.86. The standard InChI is InChI=1S/C11H11FN2O2S/c12-11-7-10(4-3-9(11)8-13)17(15,16)14-5-1-2-6-14/h3-4,7H,1-2,5-6H2. The van der Waals surface area contributed by atoms with Crippen molar-refractivity contribution in [3.8, 4) is 6.07 Å². The number of halogens is 1. The van der Waals surface area contributed by atoms with Crippen LogP contribution in [0.5, 0.6) is 0 Å². The van der Waals surface area contributed by atoms with E-state index >= 15 is 0 Å². The molecule has 0 spiro atoms. The van der Waals surface area contributed by atoms with Gasteiger partial charge in [0.2, 0.25) is 10.0 Å². The van der Waals surface area contributed by atoms with Crippen molar-refractivity contribution >= 4 is 10.0 Å². The molecule has 0 aromatic heterocycles. The van der Waals surface area contributed by atoms with Crippen molar-refractivity contribution in [3.05, 3.63) is 29.6 Å². The van der Waals surface area contributed by atoms with E-state index in [1.165, 1.54) is 16.4 Å². The number of nitrogens with zero attached hydrogens (tertiary/aromatic N) is 2. The first kappa shape index (κ1) is 12.0. The van der Waals surface area contributed by atoms with E-state index in [1.54, 1.807) is 6.07 Å². The largest absolute Gasteiger partial charge is 0.243 e. The van der Waals surface area contributed by atoms with Crippen LogP contribution in [0.4, 0.5) is 4.39 Å². The van der Waals surface area contributed by atoms with Crippen LogP contribution in [0.25, 0.3) is 0 Å². The fraction of sp³-hybridized carbons (Fsp3) is 0.364. The highest BCUT2D eigenvalue weighted by atomic mass is 32.2. The number of rotatable bonds is 2. The molecule has 1 heterocycles. The molecule has 0 aliphatic carbocycles. The average Bonchev–Trinajstić information content (AvgIpc) is 2.83. The van der Waals surface area contributed by atoms with Gasteiger partial charge in [-0.2, -0.15) is 9.57 Å². The van der Waals surface area contributed by atoms with E-state index in [0.29, 0.717) is 13.1 Å². The van der Waals surface area contributed by atoms with Crippen molar-refractivity contribution in [1.82, 2.24) is 4.31 Å². The molecule has 0 unspecified atom stereocenters. The van der Waals surface area contributed by atoms with Crippen molar-refractivity contribution in [3.63, 3.8) is 0 Å². The molecule has 0 bridgehead atoms. The quantitative estimate of drug-likeness (QED) is 0.803. The molecule has 0 radical (unpaired) electrons. The van der Waals surface area contributed by atoms with Gasteiger partial charge in [-0.25, -0.2) is 12.8 Å². The van der Waals surface area contributed by atoms with Crippen LogP contribution in [-0.2, 0) is 10.0 Å². The van der Waals surface area contributed by atoms with Gasteiger partial charge in [-0.1, -0.05) is 0 Å². The summed E-state index contributed by atoms with van der Waals surface area (Å²) in [5.41, 5.74) is -0.148. The Morgan fingerprint density at radius 1 is 1.29 bits per heavy atom. The molecule has 17 heavy (non-hydrogen) atoms. The summed E-state index contributed by atoms with van der Waals surface area (Å²) in [7, 11) is -3.60. The zero-order valence-corrected chi connectivity index (χ0v) is 9.87. The maximum absolute atomic E-state index is 13.4. The molecule has 0 N–H and O–H groups in total. The Labute approximate surface area is 99.3 Å². The van der Waals surface area contributed by atoms with Crippen LogP contribution in [0.15, 0.2) is 23.1 Å². The van der Waals surface area contributed by atoms with Crippen LogP contribution in [0, 0.1) is 17.1 Å². The van der Waals surface area contributed by atoms with E-state index in [9.17, 15) is 12.8 Å². The first-order valence-corrected chi connectivity index (χ1v) is 6.69. The lowest BCUT2D eigenvalue weighted by atomic mass is 10.2. The van der Waals surface area contributed by atoms with E-state index in [4.69, 9.17) is 5.26 Å². The van der Waals surface area contributed by atoms with Crippen LogP contribution >= 0.6 is 0 Å². The molecule has 2 rings (SSSR count). The van der Waals surface area contributed by atoms with E-state index in [2.05, 4.69) is 0 Å². The Bertz CT molecular complexity index is 572. The van der Waals surface area contributed by atoms with Gasteiger partial charge in [0.15, 0.2) is 0 Å². The molecule has 6 heteroatoms. The summed E-state index contributed by atoms with van der Waals surface area (Å²) in [5.74, 6) is -0.798. The Hall–Kier alpha value is -1.45. The molecule has 1 aromatic carbocycles. The molecule has 1 aromatic rings. The SMILES string of the molecule is N#Cc1ccc(S(=O)(=O)N2CCCC2)cc1F. The minimum absolute atomic E-state index is 0.0871. The van der Waals surface area contributed by atoms with E-state index < -0.39 is 15.8 Å². The van der Waals surface area contributed by atoms with Crippen LogP contribution in [0.1, 0.15) is 18.4 Å². The first-order valence-electron chi connectivity index (χ1n) is 5.25. The van der Waals surface area contributed by atoms with Gasteiger partial charge >= 0.3 is 0 Å². The molecular weight excluding hydrogens is 243 g/mol. The smallest absolute Gasteiger partial charge is 0.207 e. The Morgan fingerprint density at radius 3 is 2.47 bits per heavy atom. The predicted molar refractivity (Wildman–Crippen MR) is 59.1 cm³/mol. The number of sulfonamides is 1. The second-order valence-corrected chi connectivity index (χ2v) is 5.80. The highest BCUT2D eigenvalue weighted by Gasteiger charge is 2.27. The van der Waals surface area contributed by atoms with E-state index in [-0.39, 0.29) is 10.5 Å². The third-order valence-corrected chi connectivity index (χ3v) is 4.66. The maximum atomic E-state index is 13.4. The van der Waals surface area contributed by atoms with Gasteiger partial charge < -0.3 is 0 Å². The molecule has 0 saturated carbocycles. The minimum Gasteiger partial charge on any atom is -0.207 e. The van der Waals surface area contributed by atoms with Crippen molar-refractivity contribution in [2.75, 3.05) is 13.1 Å². The molecule has 1 fully saturated rings. The molecule has 0 amide bonds. The predicted octanol–water partition coefficient (Wildman–Crippen LogP) is 1.48. The van der Waals surface area contributed by atoms with Gasteiger partial charge in [-0.15, -0.1) is 0 Å². The van der Waals surface area contributed by atoms with Gasteiger partial charge in [0.05, 0.1) is 10.5 Å². The fourth-order valence-electron chi connectivity index (χ4n) is 1.82. The van der Waals surface area contributed by atoms with Gasteiger partial charge in [0.1, 0.15) is 11.9 Å². The zero-order valence-electron chi connectivity index (χ0n) is 9.06. The molecule has 4 nitrogen and oxygen atoms in total. The van der Waals surface area contributed by atoms with Crippen molar-refractivity contribution in [1.29, 1.82) is 5.26 Å². The molecule has 1 saturated heterocycles. The summed E-state index contributed by atoms with van der Waals surface area (Å²) in [6.07, 6.45) is 1.66. The maximum Gasteiger partial charge on any atom is 0.243 e. The molecule has 1 aliphatic heterocycles. The van der Waals surface area contributed by atoms with Crippen molar-refractivity contribution in [2.24, 2.45) is 0 Å². The highest BCUT2D eigenvalue weighted by molar-refractivity contribution is 7.89. The average molecular weight is 254 g/mol. The Balaban J connectivity index is 2.40. The number of hydrogen-bond donors (Lipinski definition) is 0. The topological polar surface area (TPSA) is 61.2 Å². The summed E-state index contributed by atoms with van der Waals surface area (Å²) in [6.45, 7) is 0.952. The monoisotopic (exact) mass is 254 g/mol. The lowest BCUT2D eigenvalue weighted by molar-refractivity contribution is 0.476. The first-order chi connectivity index (χ1) is 8.05. The molecule has 90 valence electrons. The highest BCUT2D eigenvalue weighted by Crippen LogP contribution is 2.22. The normalized spacial score (nSPS) is 16.9. The van der Waals surface area contributed by atoms with E-state index in [0.717, 1.165) is 18.9 Å². The van der Waals surface area contributed by atoms with E-state index in [1.807, 2.05) is 0 Å².